The van der Waals surface area contributed by atoms with Gasteiger partial charge in [0.05, 0.1) is 6.04 Å². The molecule has 1 fully saturated rings. The molecule has 0 unspecified atom stereocenters. The van der Waals surface area contributed by atoms with Gasteiger partial charge in [0, 0.05) is 26.2 Å². The molecule has 0 saturated carbocycles. The predicted molar refractivity (Wildman–Crippen MR) is 85.6 cm³/mol. The fourth-order valence-corrected chi connectivity index (χ4v) is 2.61. The van der Waals surface area contributed by atoms with Gasteiger partial charge >= 0.3 is 0 Å². The number of para-hydroxylation sites is 2. The van der Waals surface area contributed by atoms with Gasteiger partial charge in [-0.15, -0.1) is 0 Å². The normalized spacial score (nSPS) is 17.3. The summed E-state index contributed by atoms with van der Waals surface area (Å²) in [5.41, 5.74) is 7.60. The summed E-state index contributed by atoms with van der Waals surface area (Å²) in [7, 11) is 0. The standard InChI is InChI=1S/C16H22N4O2/c1-11(2)14(17)15(21)19-7-9-20(10-8-19)16-18-12-5-3-4-6-13(12)22-16/h3-6,11,14H,7-10,17H2,1-2H3/t14-/m0/s1. The third-order valence-electron chi connectivity index (χ3n) is 4.15. The summed E-state index contributed by atoms with van der Waals surface area (Å²) >= 11 is 0. The average Bonchev–Trinajstić information content (AvgIpc) is 2.97. The van der Waals surface area contributed by atoms with Gasteiger partial charge in [-0.1, -0.05) is 26.0 Å². The van der Waals surface area contributed by atoms with E-state index >= 15 is 0 Å². The number of hydrogen-bond acceptors (Lipinski definition) is 5. The van der Waals surface area contributed by atoms with Gasteiger partial charge in [-0.05, 0) is 18.1 Å². The lowest BCUT2D eigenvalue weighted by Gasteiger charge is -2.35. The summed E-state index contributed by atoms with van der Waals surface area (Å²) in [6.45, 7) is 6.66. The Morgan fingerprint density at radius 2 is 1.91 bits per heavy atom. The number of benzene rings is 1. The molecule has 1 amide bonds. The Morgan fingerprint density at radius 1 is 1.23 bits per heavy atom. The zero-order chi connectivity index (χ0) is 15.7. The second-order valence-corrected chi connectivity index (χ2v) is 6.05. The van der Waals surface area contributed by atoms with E-state index in [2.05, 4.69) is 9.88 Å². The van der Waals surface area contributed by atoms with Crippen molar-refractivity contribution in [3.05, 3.63) is 24.3 Å². The van der Waals surface area contributed by atoms with E-state index in [0.29, 0.717) is 32.2 Å². The zero-order valence-corrected chi connectivity index (χ0v) is 13.0. The van der Waals surface area contributed by atoms with Gasteiger partial charge in [-0.2, -0.15) is 4.98 Å². The Kier molecular flexibility index (Phi) is 4.02. The van der Waals surface area contributed by atoms with E-state index in [4.69, 9.17) is 10.2 Å². The lowest BCUT2D eigenvalue weighted by Crippen LogP contribution is -2.54. The first kappa shape index (κ1) is 14.8. The molecule has 1 aliphatic rings. The number of carbonyl (C=O) groups excluding carboxylic acids is 1. The maximum absolute atomic E-state index is 12.3. The Balaban J connectivity index is 1.65. The Morgan fingerprint density at radius 3 is 2.55 bits per heavy atom. The second-order valence-electron chi connectivity index (χ2n) is 6.05. The molecule has 0 bridgehead atoms. The number of hydrogen-bond donors (Lipinski definition) is 1. The van der Waals surface area contributed by atoms with Crippen molar-refractivity contribution in [2.75, 3.05) is 31.1 Å². The van der Waals surface area contributed by atoms with E-state index in [-0.39, 0.29) is 11.8 Å². The molecule has 118 valence electrons. The van der Waals surface area contributed by atoms with Crippen molar-refractivity contribution in [2.45, 2.75) is 19.9 Å². The number of anilines is 1. The van der Waals surface area contributed by atoms with Crippen LogP contribution in [0.5, 0.6) is 0 Å². The van der Waals surface area contributed by atoms with E-state index < -0.39 is 6.04 Å². The monoisotopic (exact) mass is 302 g/mol. The number of rotatable bonds is 3. The van der Waals surface area contributed by atoms with Crippen LogP contribution < -0.4 is 10.6 Å². The van der Waals surface area contributed by atoms with Crippen molar-refractivity contribution in [3.8, 4) is 0 Å². The van der Waals surface area contributed by atoms with Gasteiger partial charge in [-0.25, -0.2) is 0 Å². The molecule has 6 nitrogen and oxygen atoms in total. The Hall–Kier alpha value is -2.08. The van der Waals surface area contributed by atoms with Crippen molar-refractivity contribution < 1.29 is 9.21 Å². The third-order valence-corrected chi connectivity index (χ3v) is 4.15. The van der Waals surface area contributed by atoms with Crippen molar-refractivity contribution in [3.63, 3.8) is 0 Å². The van der Waals surface area contributed by atoms with Crippen LogP contribution in [0.2, 0.25) is 0 Å². The SMILES string of the molecule is CC(C)[C@H](N)C(=O)N1CCN(c2nc3ccccc3o2)CC1. The van der Waals surface area contributed by atoms with Gasteiger partial charge in [0.2, 0.25) is 5.91 Å². The van der Waals surface area contributed by atoms with Crippen molar-refractivity contribution in [2.24, 2.45) is 11.7 Å². The maximum atomic E-state index is 12.3. The first-order valence-electron chi connectivity index (χ1n) is 7.71. The summed E-state index contributed by atoms with van der Waals surface area (Å²) in [5, 5.41) is 0. The molecular weight excluding hydrogens is 280 g/mol. The van der Waals surface area contributed by atoms with Gasteiger partial charge in [0.1, 0.15) is 5.52 Å². The van der Waals surface area contributed by atoms with E-state index in [9.17, 15) is 4.79 Å². The number of oxazole rings is 1. The highest BCUT2D eigenvalue weighted by molar-refractivity contribution is 5.82. The number of carbonyl (C=O) groups is 1. The lowest BCUT2D eigenvalue weighted by atomic mass is 10.0. The molecular formula is C16H22N4O2. The lowest BCUT2D eigenvalue weighted by molar-refractivity contribution is -0.133. The summed E-state index contributed by atoms with van der Waals surface area (Å²) in [6.07, 6.45) is 0. The van der Waals surface area contributed by atoms with Crippen LogP contribution in [0.4, 0.5) is 6.01 Å². The molecule has 2 aromatic rings. The molecule has 1 atom stereocenters. The number of aromatic nitrogens is 1. The summed E-state index contributed by atoms with van der Waals surface area (Å²) in [4.78, 5) is 20.7. The van der Waals surface area contributed by atoms with Crippen LogP contribution in [-0.4, -0.2) is 48.0 Å². The van der Waals surface area contributed by atoms with Crippen molar-refractivity contribution in [1.82, 2.24) is 9.88 Å². The maximum Gasteiger partial charge on any atom is 0.298 e. The molecule has 2 N–H and O–H groups in total. The molecule has 0 aliphatic carbocycles. The summed E-state index contributed by atoms with van der Waals surface area (Å²) in [5.74, 6) is 0.190. The number of amides is 1. The second kappa shape index (κ2) is 5.96. The Labute approximate surface area is 129 Å². The first-order valence-corrected chi connectivity index (χ1v) is 7.71. The topological polar surface area (TPSA) is 75.6 Å². The van der Waals surface area contributed by atoms with E-state index in [1.807, 2.05) is 43.0 Å². The van der Waals surface area contributed by atoms with Gasteiger partial charge in [0.25, 0.3) is 6.01 Å². The number of piperazine rings is 1. The molecule has 2 heterocycles. The molecule has 0 spiro atoms. The van der Waals surface area contributed by atoms with Crippen LogP contribution in [0.25, 0.3) is 11.1 Å². The fourth-order valence-electron chi connectivity index (χ4n) is 2.61. The predicted octanol–water partition coefficient (Wildman–Crippen LogP) is 1.46. The van der Waals surface area contributed by atoms with Crippen LogP contribution in [-0.2, 0) is 4.79 Å². The van der Waals surface area contributed by atoms with Crippen molar-refractivity contribution in [1.29, 1.82) is 0 Å². The molecule has 1 aliphatic heterocycles. The van der Waals surface area contributed by atoms with Crippen LogP contribution >= 0.6 is 0 Å². The molecule has 1 aromatic carbocycles. The van der Waals surface area contributed by atoms with Gasteiger partial charge in [0.15, 0.2) is 5.58 Å². The molecule has 1 aromatic heterocycles. The minimum Gasteiger partial charge on any atom is -0.423 e. The van der Waals surface area contributed by atoms with Crippen LogP contribution in [0.1, 0.15) is 13.8 Å². The molecule has 22 heavy (non-hydrogen) atoms. The largest absolute Gasteiger partial charge is 0.423 e. The quantitative estimate of drug-likeness (QED) is 0.929. The molecule has 3 rings (SSSR count). The highest BCUT2D eigenvalue weighted by Crippen LogP contribution is 2.22. The Bertz CT molecular complexity index is 626. The number of nitrogens with zero attached hydrogens (tertiary/aromatic N) is 3. The molecule has 6 heteroatoms. The number of fused-ring (bicyclic) bond motifs is 1. The van der Waals surface area contributed by atoms with Crippen LogP contribution in [0.3, 0.4) is 0 Å². The summed E-state index contributed by atoms with van der Waals surface area (Å²) in [6, 6.07) is 7.92. The van der Waals surface area contributed by atoms with E-state index in [0.717, 1.165) is 11.1 Å². The minimum atomic E-state index is -0.420. The van der Waals surface area contributed by atoms with Crippen LogP contribution in [0.15, 0.2) is 28.7 Å². The minimum absolute atomic E-state index is 0.0345. The van der Waals surface area contributed by atoms with E-state index in [1.165, 1.54) is 0 Å². The zero-order valence-electron chi connectivity index (χ0n) is 13.0. The van der Waals surface area contributed by atoms with Gasteiger partial charge < -0.3 is 20.0 Å². The van der Waals surface area contributed by atoms with Gasteiger partial charge in [-0.3, -0.25) is 4.79 Å². The van der Waals surface area contributed by atoms with Crippen LogP contribution in [0, 0.1) is 5.92 Å². The summed E-state index contributed by atoms with van der Waals surface area (Å²) < 4.78 is 5.78. The molecule has 1 saturated heterocycles. The highest BCUT2D eigenvalue weighted by atomic mass is 16.4. The first-order chi connectivity index (χ1) is 10.6. The highest BCUT2D eigenvalue weighted by Gasteiger charge is 2.28. The number of nitrogens with two attached hydrogens (primary N) is 1. The smallest absolute Gasteiger partial charge is 0.298 e. The van der Waals surface area contributed by atoms with Crippen molar-refractivity contribution >= 4 is 23.0 Å². The third kappa shape index (κ3) is 2.78. The molecule has 0 radical (unpaired) electrons. The van der Waals surface area contributed by atoms with E-state index in [1.54, 1.807) is 0 Å². The average molecular weight is 302 g/mol. The fraction of sp³-hybridized carbons (Fsp3) is 0.500.